The molecule has 1 N–H and O–H groups in total. The van der Waals surface area contributed by atoms with Crippen molar-refractivity contribution in [2.45, 2.75) is 51.2 Å². The van der Waals surface area contributed by atoms with E-state index < -0.39 is 0 Å². The largest absolute Gasteiger partial charge is 0.304 e. The minimum atomic E-state index is -0.312. The van der Waals surface area contributed by atoms with Gasteiger partial charge in [-0.25, -0.2) is 0 Å². The zero-order valence-electron chi connectivity index (χ0n) is 11.5. The summed E-state index contributed by atoms with van der Waals surface area (Å²) in [5, 5.41) is 3.24. The molecule has 2 aliphatic rings. The van der Waals surface area contributed by atoms with Gasteiger partial charge < -0.3 is 5.32 Å². The molecule has 0 radical (unpaired) electrons. The van der Waals surface area contributed by atoms with Crippen LogP contribution in [-0.2, 0) is 9.59 Å². The number of imide groups is 1. The van der Waals surface area contributed by atoms with Crippen LogP contribution >= 0.6 is 0 Å². The van der Waals surface area contributed by atoms with E-state index in [2.05, 4.69) is 24.2 Å². The lowest BCUT2D eigenvalue weighted by Crippen LogP contribution is -2.45. The summed E-state index contributed by atoms with van der Waals surface area (Å²) in [4.78, 5) is 27.2. The fourth-order valence-corrected chi connectivity index (χ4v) is 2.47. The van der Waals surface area contributed by atoms with Crippen LogP contribution in [0.15, 0.2) is 0 Å². The van der Waals surface area contributed by atoms with Gasteiger partial charge in [0.2, 0.25) is 11.8 Å². The summed E-state index contributed by atoms with van der Waals surface area (Å²) in [7, 11) is 2.13. The molecule has 2 rings (SSSR count). The van der Waals surface area contributed by atoms with E-state index in [4.69, 9.17) is 0 Å². The molecule has 1 aliphatic heterocycles. The minimum absolute atomic E-state index is 0.0526. The lowest BCUT2D eigenvalue weighted by Gasteiger charge is -2.25. The Balaban J connectivity index is 1.80. The van der Waals surface area contributed by atoms with Crippen molar-refractivity contribution in [2.24, 2.45) is 0 Å². The summed E-state index contributed by atoms with van der Waals surface area (Å²) in [6.07, 6.45) is 2.88. The van der Waals surface area contributed by atoms with Crippen LogP contribution in [0.5, 0.6) is 0 Å². The van der Waals surface area contributed by atoms with Crippen LogP contribution in [-0.4, -0.2) is 59.9 Å². The van der Waals surface area contributed by atoms with Crippen molar-refractivity contribution < 1.29 is 9.59 Å². The summed E-state index contributed by atoms with van der Waals surface area (Å²) < 4.78 is 0. The first-order valence-electron chi connectivity index (χ1n) is 6.84. The number of likely N-dealkylation sites (tertiary alicyclic amines) is 1. The van der Waals surface area contributed by atoms with E-state index >= 15 is 0 Å². The number of rotatable bonds is 6. The van der Waals surface area contributed by atoms with Crippen molar-refractivity contribution in [3.8, 4) is 0 Å². The predicted octanol–water partition coefficient (Wildman–Crippen LogP) is 0.206. The first kappa shape index (κ1) is 13.5. The number of amides is 2. The Morgan fingerprint density at radius 2 is 2.11 bits per heavy atom. The van der Waals surface area contributed by atoms with E-state index in [1.807, 2.05) is 6.92 Å². The van der Waals surface area contributed by atoms with Crippen LogP contribution in [0, 0.1) is 0 Å². The Hall–Kier alpha value is -0.940. The molecule has 2 fully saturated rings. The number of hydrogen-bond acceptors (Lipinski definition) is 4. The Morgan fingerprint density at radius 1 is 1.44 bits per heavy atom. The average Bonchev–Trinajstić information content (AvgIpc) is 3.14. The molecular formula is C13H23N3O2. The summed E-state index contributed by atoms with van der Waals surface area (Å²) in [5.41, 5.74) is 0. The third-order valence-corrected chi connectivity index (χ3v) is 4.04. The van der Waals surface area contributed by atoms with Crippen LogP contribution < -0.4 is 5.32 Å². The number of hydrogen-bond donors (Lipinski definition) is 1. The van der Waals surface area contributed by atoms with Gasteiger partial charge in [0.15, 0.2) is 0 Å². The molecule has 0 aromatic rings. The Bertz CT molecular complexity index is 341. The molecule has 5 nitrogen and oxygen atoms in total. The molecule has 1 saturated carbocycles. The molecule has 0 bridgehead atoms. The molecule has 18 heavy (non-hydrogen) atoms. The quantitative estimate of drug-likeness (QED) is 0.687. The van der Waals surface area contributed by atoms with Crippen LogP contribution in [0.2, 0.25) is 0 Å². The van der Waals surface area contributed by atoms with Gasteiger partial charge in [0.1, 0.15) is 0 Å². The summed E-state index contributed by atoms with van der Waals surface area (Å²) >= 11 is 0. The maximum atomic E-state index is 11.9. The predicted molar refractivity (Wildman–Crippen MR) is 69.0 cm³/mol. The monoisotopic (exact) mass is 253 g/mol. The van der Waals surface area contributed by atoms with Gasteiger partial charge in [0.25, 0.3) is 0 Å². The summed E-state index contributed by atoms with van der Waals surface area (Å²) in [6.45, 7) is 5.23. The molecule has 1 aliphatic carbocycles. The first-order valence-corrected chi connectivity index (χ1v) is 6.84. The fourth-order valence-electron chi connectivity index (χ4n) is 2.47. The van der Waals surface area contributed by atoms with Gasteiger partial charge in [-0.05, 0) is 33.7 Å². The molecule has 0 aromatic heterocycles. The van der Waals surface area contributed by atoms with E-state index in [0.717, 1.165) is 12.6 Å². The van der Waals surface area contributed by atoms with Crippen molar-refractivity contribution in [3.63, 3.8) is 0 Å². The first-order chi connectivity index (χ1) is 8.54. The molecule has 1 heterocycles. The van der Waals surface area contributed by atoms with Crippen LogP contribution in [0.1, 0.15) is 33.1 Å². The molecule has 102 valence electrons. The molecule has 2 unspecified atom stereocenters. The SMILES string of the molecule is CCN1C(=O)CC(NCC(C)N(C)C2CC2)C1=O. The molecule has 1 saturated heterocycles. The van der Waals surface area contributed by atoms with E-state index in [-0.39, 0.29) is 17.9 Å². The van der Waals surface area contributed by atoms with Crippen molar-refractivity contribution in [1.29, 1.82) is 0 Å². The van der Waals surface area contributed by atoms with E-state index in [1.54, 1.807) is 0 Å². The van der Waals surface area contributed by atoms with E-state index in [1.165, 1.54) is 17.7 Å². The van der Waals surface area contributed by atoms with Gasteiger partial charge in [-0.3, -0.25) is 19.4 Å². The molecule has 0 aromatic carbocycles. The zero-order valence-corrected chi connectivity index (χ0v) is 11.5. The molecular weight excluding hydrogens is 230 g/mol. The second-order valence-corrected chi connectivity index (χ2v) is 5.39. The van der Waals surface area contributed by atoms with Crippen LogP contribution in [0.4, 0.5) is 0 Å². The fraction of sp³-hybridized carbons (Fsp3) is 0.846. The smallest absolute Gasteiger partial charge is 0.246 e. The zero-order chi connectivity index (χ0) is 13.3. The second-order valence-electron chi connectivity index (χ2n) is 5.39. The average molecular weight is 253 g/mol. The normalized spacial score (nSPS) is 26.2. The standard InChI is InChI=1S/C13H23N3O2/c1-4-16-12(17)7-11(13(16)18)14-8-9(2)15(3)10-5-6-10/h9-11,14H,4-8H2,1-3H3. The Morgan fingerprint density at radius 3 is 2.61 bits per heavy atom. The highest BCUT2D eigenvalue weighted by molar-refractivity contribution is 6.05. The number of likely N-dealkylation sites (N-methyl/N-ethyl adjacent to an activating group) is 2. The van der Waals surface area contributed by atoms with Crippen molar-refractivity contribution in [2.75, 3.05) is 20.1 Å². The topological polar surface area (TPSA) is 52.7 Å². The highest BCUT2D eigenvalue weighted by Gasteiger charge is 2.37. The Kier molecular flexibility index (Phi) is 4.02. The third-order valence-electron chi connectivity index (χ3n) is 4.04. The van der Waals surface area contributed by atoms with Crippen molar-refractivity contribution >= 4 is 11.8 Å². The lowest BCUT2D eigenvalue weighted by atomic mass is 10.2. The van der Waals surface area contributed by atoms with E-state index in [9.17, 15) is 9.59 Å². The maximum Gasteiger partial charge on any atom is 0.246 e. The lowest BCUT2D eigenvalue weighted by molar-refractivity contribution is -0.138. The summed E-state index contributed by atoms with van der Waals surface area (Å²) in [6, 6.07) is 0.804. The number of nitrogens with zero attached hydrogens (tertiary/aromatic N) is 2. The van der Waals surface area contributed by atoms with Crippen LogP contribution in [0.25, 0.3) is 0 Å². The second kappa shape index (κ2) is 5.36. The molecule has 5 heteroatoms. The minimum Gasteiger partial charge on any atom is -0.304 e. The number of carbonyl (C=O) groups is 2. The molecule has 0 spiro atoms. The van der Waals surface area contributed by atoms with E-state index in [0.29, 0.717) is 19.0 Å². The maximum absolute atomic E-state index is 11.9. The number of carbonyl (C=O) groups excluding carboxylic acids is 2. The van der Waals surface area contributed by atoms with Gasteiger partial charge >= 0.3 is 0 Å². The highest BCUT2D eigenvalue weighted by atomic mass is 16.2. The molecule has 2 atom stereocenters. The summed E-state index contributed by atoms with van der Waals surface area (Å²) in [5.74, 6) is -0.119. The molecule has 2 amide bonds. The third kappa shape index (κ3) is 2.72. The van der Waals surface area contributed by atoms with Gasteiger partial charge in [0.05, 0.1) is 12.5 Å². The number of nitrogens with one attached hydrogen (secondary N) is 1. The van der Waals surface area contributed by atoms with Gasteiger partial charge in [-0.2, -0.15) is 0 Å². The van der Waals surface area contributed by atoms with Gasteiger partial charge in [-0.15, -0.1) is 0 Å². The Labute approximate surface area is 108 Å². The van der Waals surface area contributed by atoms with Crippen LogP contribution in [0.3, 0.4) is 0 Å². The van der Waals surface area contributed by atoms with Gasteiger partial charge in [0, 0.05) is 25.2 Å². The highest BCUT2D eigenvalue weighted by Crippen LogP contribution is 2.26. The van der Waals surface area contributed by atoms with Gasteiger partial charge in [-0.1, -0.05) is 0 Å². The van der Waals surface area contributed by atoms with Crippen molar-refractivity contribution in [1.82, 2.24) is 15.1 Å². The van der Waals surface area contributed by atoms with Crippen molar-refractivity contribution in [3.05, 3.63) is 0 Å².